The molecular formula is C21H24N6O6S3. The van der Waals surface area contributed by atoms with Crippen LogP contribution in [0.4, 0.5) is 0 Å². The van der Waals surface area contributed by atoms with Gasteiger partial charge in [0, 0.05) is 55.4 Å². The Hall–Kier alpha value is -2.82. The Bertz CT molecular complexity index is 1070. The zero-order chi connectivity index (χ0) is 25.7. The molecule has 12 nitrogen and oxygen atoms in total. The molecule has 4 rings (SSSR count). The van der Waals surface area contributed by atoms with Crippen LogP contribution < -0.4 is 0 Å². The smallest absolute Gasteiger partial charge is 0.355 e. The summed E-state index contributed by atoms with van der Waals surface area (Å²) in [6, 6.07) is 0. The Kier molecular flexibility index (Phi) is 8.71. The van der Waals surface area contributed by atoms with Gasteiger partial charge in [0.25, 0.3) is 0 Å². The summed E-state index contributed by atoms with van der Waals surface area (Å²) in [5.41, 5.74) is 0.121. The first kappa shape index (κ1) is 26.2. The number of carboxylic acid groups (broad SMARTS) is 3. The fourth-order valence-electron chi connectivity index (χ4n) is 3.68. The van der Waals surface area contributed by atoms with Gasteiger partial charge in [0.2, 0.25) is 0 Å². The van der Waals surface area contributed by atoms with Crippen LogP contribution in [0, 0.1) is 0 Å². The van der Waals surface area contributed by atoms with Gasteiger partial charge >= 0.3 is 17.9 Å². The molecule has 3 N–H and O–H groups in total. The first-order valence-corrected chi connectivity index (χ1v) is 13.6. The molecule has 1 saturated heterocycles. The highest BCUT2D eigenvalue weighted by molar-refractivity contribution is 7.10. The molecule has 0 atom stereocenters. The number of hydrogen-bond donors (Lipinski definition) is 3. The summed E-state index contributed by atoms with van der Waals surface area (Å²) >= 11 is 3.95. The molecular weight excluding hydrogens is 528 g/mol. The lowest BCUT2D eigenvalue weighted by Crippen LogP contribution is -2.35. The number of hydrogen-bond acceptors (Lipinski definition) is 12. The molecule has 3 aromatic heterocycles. The van der Waals surface area contributed by atoms with Crippen LogP contribution in [0.15, 0.2) is 16.1 Å². The zero-order valence-corrected chi connectivity index (χ0v) is 21.5. The molecule has 15 heteroatoms. The highest BCUT2D eigenvalue weighted by Gasteiger charge is 2.21. The minimum absolute atomic E-state index is 0.0403. The van der Waals surface area contributed by atoms with Crippen molar-refractivity contribution in [1.29, 1.82) is 0 Å². The molecule has 0 aliphatic carbocycles. The molecule has 192 valence electrons. The van der Waals surface area contributed by atoms with Crippen LogP contribution in [0.5, 0.6) is 0 Å². The molecule has 0 aromatic carbocycles. The van der Waals surface area contributed by atoms with Crippen molar-refractivity contribution in [2.45, 2.75) is 19.6 Å². The molecule has 3 aromatic rings. The summed E-state index contributed by atoms with van der Waals surface area (Å²) in [7, 11) is 0. The van der Waals surface area contributed by atoms with E-state index in [-0.39, 0.29) is 17.1 Å². The van der Waals surface area contributed by atoms with E-state index in [1.165, 1.54) is 50.2 Å². The third-order valence-corrected chi connectivity index (χ3v) is 8.09. The van der Waals surface area contributed by atoms with E-state index < -0.39 is 17.9 Å². The largest absolute Gasteiger partial charge is 0.476 e. The number of aromatic carboxylic acids is 3. The van der Waals surface area contributed by atoms with Gasteiger partial charge in [0.05, 0.1) is 19.6 Å². The summed E-state index contributed by atoms with van der Waals surface area (Å²) in [5.74, 6) is -3.15. The molecule has 4 heterocycles. The van der Waals surface area contributed by atoms with Gasteiger partial charge in [0.15, 0.2) is 17.1 Å². The van der Waals surface area contributed by atoms with Gasteiger partial charge in [-0.2, -0.15) is 0 Å². The molecule has 0 saturated carbocycles. The fraction of sp³-hybridized carbons (Fsp3) is 0.429. The average molecular weight is 553 g/mol. The molecule has 0 amide bonds. The van der Waals surface area contributed by atoms with E-state index in [0.717, 1.165) is 15.0 Å². The number of rotatable bonds is 9. The second-order valence-electron chi connectivity index (χ2n) is 8.12. The van der Waals surface area contributed by atoms with E-state index in [1.54, 1.807) is 0 Å². The van der Waals surface area contributed by atoms with Crippen molar-refractivity contribution >= 4 is 51.9 Å². The third-order valence-electron chi connectivity index (χ3n) is 5.59. The second kappa shape index (κ2) is 11.9. The van der Waals surface area contributed by atoms with Gasteiger partial charge in [-0.1, -0.05) is 0 Å². The number of aromatic nitrogens is 3. The summed E-state index contributed by atoms with van der Waals surface area (Å²) in [4.78, 5) is 52.9. The minimum atomic E-state index is -1.05. The van der Waals surface area contributed by atoms with E-state index >= 15 is 0 Å². The van der Waals surface area contributed by atoms with Gasteiger partial charge in [0.1, 0.15) is 15.0 Å². The van der Waals surface area contributed by atoms with Gasteiger partial charge in [-0.3, -0.25) is 14.7 Å². The quantitative estimate of drug-likeness (QED) is 0.355. The Morgan fingerprint density at radius 2 is 0.833 bits per heavy atom. The molecule has 1 aliphatic rings. The molecule has 36 heavy (non-hydrogen) atoms. The Morgan fingerprint density at radius 3 is 1.03 bits per heavy atom. The van der Waals surface area contributed by atoms with E-state index in [1.807, 2.05) is 0 Å². The maximum atomic E-state index is 11.2. The van der Waals surface area contributed by atoms with Crippen LogP contribution in [0.2, 0.25) is 0 Å². The predicted octanol–water partition coefficient (Wildman–Crippen LogP) is 1.97. The summed E-state index contributed by atoms with van der Waals surface area (Å²) in [5, 5.41) is 34.3. The Labute approximate surface area is 218 Å². The summed E-state index contributed by atoms with van der Waals surface area (Å²) in [6.07, 6.45) is 0. The number of thiazole rings is 3. The molecule has 0 unspecified atom stereocenters. The van der Waals surface area contributed by atoms with Gasteiger partial charge in [-0.05, 0) is 0 Å². The number of nitrogens with zero attached hydrogens (tertiary/aromatic N) is 6. The van der Waals surface area contributed by atoms with Crippen LogP contribution in [0.3, 0.4) is 0 Å². The van der Waals surface area contributed by atoms with Crippen molar-refractivity contribution in [1.82, 2.24) is 29.7 Å². The molecule has 0 radical (unpaired) electrons. The van der Waals surface area contributed by atoms with Crippen LogP contribution in [-0.4, -0.2) is 102 Å². The predicted molar refractivity (Wildman–Crippen MR) is 133 cm³/mol. The van der Waals surface area contributed by atoms with Crippen molar-refractivity contribution in [3.05, 3.63) is 48.2 Å². The van der Waals surface area contributed by atoms with Crippen molar-refractivity contribution in [3.8, 4) is 0 Å². The number of carboxylic acids is 3. The highest BCUT2D eigenvalue weighted by atomic mass is 32.1. The van der Waals surface area contributed by atoms with Gasteiger partial charge in [-0.25, -0.2) is 29.3 Å². The van der Waals surface area contributed by atoms with Crippen molar-refractivity contribution in [2.24, 2.45) is 0 Å². The lowest BCUT2D eigenvalue weighted by atomic mass is 10.4. The summed E-state index contributed by atoms with van der Waals surface area (Å²) in [6.45, 7) is 5.84. The first-order valence-electron chi connectivity index (χ1n) is 11.0. The van der Waals surface area contributed by atoms with Crippen LogP contribution >= 0.6 is 34.0 Å². The maximum absolute atomic E-state index is 11.2. The van der Waals surface area contributed by atoms with Crippen LogP contribution in [0.1, 0.15) is 46.5 Å². The molecule has 0 spiro atoms. The molecule has 1 aliphatic heterocycles. The van der Waals surface area contributed by atoms with E-state index in [4.69, 9.17) is 0 Å². The van der Waals surface area contributed by atoms with Gasteiger partial charge < -0.3 is 15.3 Å². The van der Waals surface area contributed by atoms with E-state index in [2.05, 4.69) is 29.7 Å². The lowest BCUT2D eigenvalue weighted by Gasteiger charge is -2.24. The Morgan fingerprint density at radius 1 is 0.583 bits per heavy atom. The van der Waals surface area contributed by atoms with Crippen LogP contribution in [0.25, 0.3) is 0 Å². The van der Waals surface area contributed by atoms with Crippen molar-refractivity contribution in [3.63, 3.8) is 0 Å². The summed E-state index contributed by atoms with van der Waals surface area (Å²) < 4.78 is 0. The second-order valence-corrected chi connectivity index (χ2v) is 11.0. The van der Waals surface area contributed by atoms with Crippen molar-refractivity contribution < 1.29 is 29.7 Å². The standard InChI is InChI=1S/C21H24N6O6S3/c28-19(29)13-10-34-16(22-13)7-25-1-2-26(8-17-23-14(11-35-17)20(30)31)5-6-27(4-3-25)9-18-24-15(12-36-18)21(32)33/h10-12H,1-9H2,(H,28,29)(H,30,31)(H,32,33). The van der Waals surface area contributed by atoms with Crippen LogP contribution in [-0.2, 0) is 19.6 Å². The topological polar surface area (TPSA) is 160 Å². The Balaban J connectivity index is 1.47. The number of carbonyl (C=O) groups is 3. The minimum Gasteiger partial charge on any atom is -0.476 e. The highest BCUT2D eigenvalue weighted by Crippen LogP contribution is 2.17. The maximum Gasteiger partial charge on any atom is 0.355 e. The van der Waals surface area contributed by atoms with Crippen molar-refractivity contribution in [2.75, 3.05) is 39.3 Å². The van der Waals surface area contributed by atoms with E-state index in [0.29, 0.717) is 58.9 Å². The third kappa shape index (κ3) is 7.11. The average Bonchev–Trinajstić information content (AvgIpc) is 3.59. The lowest BCUT2D eigenvalue weighted by molar-refractivity contribution is 0.0680. The normalized spacial score (nSPS) is 16.3. The monoisotopic (exact) mass is 552 g/mol. The zero-order valence-electron chi connectivity index (χ0n) is 19.1. The fourth-order valence-corrected chi connectivity index (χ4v) is 6.11. The molecule has 1 fully saturated rings. The molecule has 0 bridgehead atoms. The first-order chi connectivity index (χ1) is 17.3. The SMILES string of the molecule is O=C(O)c1csc(CN2CCN(Cc3nc(C(=O)O)cs3)CCN(Cc3nc(C(=O)O)cs3)CC2)n1. The van der Waals surface area contributed by atoms with E-state index in [9.17, 15) is 29.7 Å². The van der Waals surface area contributed by atoms with Gasteiger partial charge in [-0.15, -0.1) is 34.0 Å².